The van der Waals surface area contributed by atoms with E-state index in [0.717, 1.165) is 11.3 Å². The number of rotatable bonds is 9. The highest BCUT2D eigenvalue weighted by atomic mass is 16.5. The van der Waals surface area contributed by atoms with Gasteiger partial charge in [-0.3, -0.25) is 9.59 Å². The fourth-order valence-corrected chi connectivity index (χ4v) is 3.73. The second-order valence-corrected chi connectivity index (χ2v) is 7.42. The van der Waals surface area contributed by atoms with Crippen LogP contribution in [0.4, 0.5) is 0 Å². The Labute approximate surface area is 169 Å². The van der Waals surface area contributed by atoms with Crippen LogP contribution in [-0.2, 0) is 32.0 Å². The molecule has 0 saturated carbocycles. The lowest BCUT2D eigenvalue weighted by Crippen LogP contribution is -2.46. The quantitative estimate of drug-likeness (QED) is 0.631. The van der Waals surface area contributed by atoms with E-state index in [-0.39, 0.29) is 18.2 Å². The van der Waals surface area contributed by atoms with Gasteiger partial charge in [-0.05, 0) is 30.5 Å². The van der Waals surface area contributed by atoms with Gasteiger partial charge in [-0.25, -0.2) is 4.79 Å². The van der Waals surface area contributed by atoms with Gasteiger partial charge in [-0.2, -0.15) is 0 Å². The van der Waals surface area contributed by atoms with E-state index in [9.17, 15) is 14.4 Å². The number of nitrogens with one attached hydrogen (secondary N) is 2. The highest BCUT2D eigenvalue weighted by molar-refractivity contribution is 5.85. The number of benzene rings is 1. The molecule has 1 aliphatic heterocycles. The molecule has 2 heterocycles. The lowest BCUT2D eigenvalue weighted by atomic mass is 9.87. The summed E-state index contributed by atoms with van der Waals surface area (Å²) in [4.78, 5) is 36.6. The van der Waals surface area contributed by atoms with E-state index >= 15 is 0 Å². The van der Waals surface area contributed by atoms with Crippen molar-refractivity contribution >= 4 is 17.8 Å². The van der Waals surface area contributed by atoms with Gasteiger partial charge in [0.1, 0.15) is 11.8 Å². The molecule has 1 aromatic heterocycles. The number of esters is 1. The van der Waals surface area contributed by atoms with Crippen molar-refractivity contribution in [2.45, 2.75) is 50.1 Å². The SMILES string of the molecule is COC(=O)[C@H](Cc1ccccc1)NC(=O)CCC1(Cc2ccco2)CCC(=O)N1. The number of carbonyl (C=O) groups excluding carboxylic acids is 3. The molecule has 7 nitrogen and oxygen atoms in total. The summed E-state index contributed by atoms with van der Waals surface area (Å²) in [5, 5.41) is 5.80. The van der Waals surface area contributed by atoms with E-state index in [1.54, 1.807) is 12.3 Å². The standard InChI is InChI=1S/C22H26N2O5/c1-28-21(27)18(14-16-6-3-2-4-7-16)23-19(25)9-11-22(12-10-20(26)24-22)15-17-8-5-13-29-17/h2-8,13,18H,9-12,14-15H2,1H3,(H,23,25)(H,24,26)/t18-,22?/m0/s1. The molecule has 2 N–H and O–H groups in total. The van der Waals surface area contributed by atoms with Crippen LogP contribution in [0.3, 0.4) is 0 Å². The van der Waals surface area contributed by atoms with Crippen molar-refractivity contribution in [3.8, 4) is 0 Å². The van der Waals surface area contributed by atoms with Gasteiger partial charge in [0.05, 0.1) is 13.4 Å². The Morgan fingerprint density at radius 1 is 1.24 bits per heavy atom. The summed E-state index contributed by atoms with van der Waals surface area (Å²) in [6, 6.07) is 12.4. The van der Waals surface area contributed by atoms with Gasteiger partial charge in [-0.1, -0.05) is 30.3 Å². The second kappa shape index (κ2) is 9.41. The number of carbonyl (C=O) groups is 3. The van der Waals surface area contributed by atoms with Crippen LogP contribution in [0.2, 0.25) is 0 Å². The van der Waals surface area contributed by atoms with E-state index in [0.29, 0.717) is 32.1 Å². The summed E-state index contributed by atoms with van der Waals surface area (Å²) in [7, 11) is 1.30. The van der Waals surface area contributed by atoms with Gasteiger partial charge in [0, 0.05) is 31.2 Å². The van der Waals surface area contributed by atoms with Crippen molar-refractivity contribution in [2.75, 3.05) is 7.11 Å². The first-order valence-corrected chi connectivity index (χ1v) is 9.74. The van der Waals surface area contributed by atoms with E-state index in [1.807, 2.05) is 36.4 Å². The Bertz CT molecular complexity index is 834. The summed E-state index contributed by atoms with van der Waals surface area (Å²) < 4.78 is 10.3. The highest BCUT2D eigenvalue weighted by Crippen LogP contribution is 2.29. The van der Waals surface area contributed by atoms with Crippen molar-refractivity contribution in [3.63, 3.8) is 0 Å². The molecule has 29 heavy (non-hydrogen) atoms. The molecular weight excluding hydrogens is 372 g/mol. The van der Waals surface area contributed by atoms with Gasteiger partial charge in [0.25, 0.3) is 0 Å². The van der Waals surface area contributed by atoms with Crippen LogP contribution in [0.15, 0.2) is 53.1 Å². The first kappa shape index (κ1) is 20.6. The zero-order valence-corrected chi connectivity index (χ0v) is 16.5. The number of ether oxygens (including phenoxy) is 1. The van der Waals surface area contributed by atoms with E-state index in [2.05, 4.69) is 10.6 Å². The molecule has 3 rings (SSSR count). The average molecular weight is 398 g/mol. The average Bonchev–Trinajstić information content (AvgIpc) is 3.36. The molecule has 0 radical (unpaired) electrons. The first-order chi connectivity index (χ1) is 14.0. The summed E-state index contributed by atoms with van der Waals surface area (Å²) in [6.45, 7) is 0. The normalized spacial score (nSPS) is 19.4. The summed E-state index contributed by atoms with van der Waals surface area (Å²) in [6.07, 6.45) is 4.20. The predicted molar refractivity (Wildman–Crippen MR) is 106 cm³/mol. The maximum absolute atomic E-state index is 12.6. The molecule has 2 amide bonds. The van der Waals surface area contributed by atoms with Crippen LogP contribution >= 0.6 is 0 Å². The third-order valence-corrected chi connectivity index (χ3v) is 5.26. The molecule has 7 heteroatoms. The largest absolute Gasteiger partial charge is 0.469 e. The molecule has 0 aliphatic carbocycles. The second-order valence-electron chi connectivity index (χ2n) is 7.42. The molecule has 2 aromatic rings. The molecule has 154 valence electrons. The van der Waals surface area contributed by atoms with E-state index in [4.69, 9.17) is 9.15 Å². The van der Waals surface area contributed by atoms with Crippen molar-refractivity contribution in [3.05, 3.63) is 60.1 Å². The number of hydrogen-bond donors (Lipinski definition) is 2. The Morgan fingerprint density at radius 3 is 2.66 bits per heavy atom. The minimum Gasteiger partial charge on any atom is -0.469 e. The minimum absolute atomic E-state index is 0.0199. The summed E-state index contributed by atoms with van der Waals surface area (Å²) in [5.74, 6) is 0.00979. The van der Waals surface area contributed by atoms with Crippen LogP contribution in [0.25, 0.3) is 0 Å². The smallest absolute Gasteiger partial charge is 0.328 e. The highest BCUT2D eigenvalue weighted by Gasteiger charge is 2.38. The molecule has 1 saturated heterocycles. The Hall–Kier alpha value is -3.09. The van der Waals surface area contributed by atoms with Crippen LogP contribution in [0.5, 0.6) is 0 Å². The maximum atomic E-state index is 12.6. The lowest BCUT2D eigenvalue weighted by molar-refractivity contribution is -0.145. The molecule has 0 bridgehead atoms. The molecule has 1 fully saturated rings. The molecule has 1 aromatic carbocycles. The zero-order chi connectivity index (χ0) is 20.7. The van der Waals surface area contributed by atoms with E-state index < -0.39 is 17.6 Å². The van der Waals surface area contributed by atoms with Crippen LogP contribution in [0, 0.1) is 0 Å². The molecule has 2 atom stereocenters. The number of hydrogen-bond acceptors (Lipinski definition) is 5. The Balaban J connectivity index is 1.61. The number of amides is 2. The van der Waals surface area contributed by atoms with Crippen LogP contribution in [-0.4, -0.2) is 36.5 Å². The lowest BCUT2D eigenvalue weighted by Gasteiger charge is -2.28. The van der Waals surface area contributed by atoms with Gasteiger partial charge in [0.15, 0.2) is 0 Å². The Kier molecular flexibility index (Phi) is 6.69. The summed E-state index contributed by atoms with van der Waals surface area (Å²) >= 11 is 0. The molecular formula is C22H26N2O5. The molecule has 0 spiro atoms. The summed E-state index contributed by atoms with van der Waals surface area (Å²) in [5.41, 5.74) is 0.424. The van der Waals surface area contributed by atoms with Gasteiger partial charge >= 0.3 is 5.97 Å². The van der Waals surface area contributed by atoms with E-state index in [1.165, 1.54) is 7.11 Å². The fraction of sp³-hybridized carbons (Fsp3) is 0.409. The first-order valence-electron chi connectivity index (χ1n) is 9.74. The third-order valence-electron chi connectivity index (χ3n) is 5.26. The van der Waals surface area contributed by atoms with Crippen LogP contribution < -0.4 is 10.6 Å². The Morgan fingerprint density at radius 2 is 2.03 bits per heavy atom. The molecule has 1 unspecified atom stereocenters. The topological polar surface area (TPSA) is 97.6 Å². The van der Waals surface area contributed by atoms with Crippen molar-refractivity contribution in [2.24, 2.45) is 0 Å². The zero-order valence-electron chi connectivity index (χ0n) is 16.5. The maximum Gasteiger partial charge on any atom is 0.328 e. The predicted octanol–water partition coefficient (Wildman–Crippen LogP) is 2.15. The van der Waals surface area contributed by atoms with Gasteiger partial charge in [-0.15, -0.1) is 0 Å². The molecule has 1 aliphatic rings. The fourth-order valence-electron chi connectivity index (χ4n) is 3.73. The van der Waals surface area contributed by atoms with Crippen molar-refractivity contribution < 1.29 is 23.5 Å². The number of furan rings is 1. The van der Waals surface area contributed by atoms with Crippen molar-refractivity contribution in [1.82, 2.24) is 10.6 Å². The third kappa shape index (κ3) is 5.70. The monoisotopic (exact) mass is 398 g/mol. The van der Waals surface area contributed by atoms with Gasteiger partial charge < -0.3 is 19.8 Å². The number of methoxy groups -OCH3 is 1. The van der Waals surface area contributed by atoms with Crippen molar-refractivity contribution in [1.29, 1.82) is 0 Å². The minimum atomic E-state index is -0.755. The van der Waals surface area contributed by atoms with Gasteiger partial charge in [0.2, 0.25) is 11.8 Å². The van der Waals surface area contributed by atoms with Crippen LogP contribution in [0.1, 0.15) is 37.0 Å².